The Labute approximate surface area is 97.4 Å². The van der Waals surface area contributed by atoms with Crippen LogP contribution >= 0.6 is 23.8 Å². The molecular formula is C6H9ClN4O2S2. The third-order valence-corrected chi connectivity index (χ3v) is 3.58. The van der Waals surface area contributed by atoms with Crippen LogP contribution in [0.2, 0.25) is 5.02 Å². The highest BCUT2D eigenvalue weighted by atomic mass is 35.5. The van der Waals surface area contributed by atoms with Crippen molar-refractivity contribution >= 4 is 38.8 Å². The third kappa shape index (κ3) is 2.88. The van der Waals surface area contributed by atoms with Gasteiger partial charge in [0.2, 0.25) is 0 Å². The average molecular weight is 269 g/mol. The first-order valence-corrected chi connectivity index (χ1v) is 6.07. The van der Waals surface area contributed by atoms with Gasteiger partial charge in [-0.1, -0.05) is 23.8 Å². The molecule has 0 unspecified atom stereocenters. The summed E-state index contributed by atoms with van der Waals surface area (Å²) >= 11 is 10.2. The Morgan fingerprint density at radius 2 is 2.40 bits per heavy atom. The van der Waals surface area contributed by atoms with Crippen molar-refractivity contribution in [3.8, 4) is 0 Å². The van der Waals surface area contributed by atoms with Crippen LogP contribution in [0.3, 0.4) is 0 Å². The number of rotatable bonds is 4. The van der Waals surface area contributed by atoms with Crippen molar-refractivity contribution in [2.45, 2.75) is 5.03 Å². The average Bonchev–Trinajstić information content (AvgIpc) is 2.43. The predicted octanol–water partition coefficient (Wildman–Crippen LogP) is -0.362. The van der Waals surface area contributed by atoms with Gasteiger partial charge < -0.3 is 5.73 Å². The van der Waals surface area contributed by atoms with Crippen LogP contribution in [0.15, 0.2) is 11.2 Å². The van der Waals surface area contributed by atoms with Crippen LogP contribution in [0.25, 0.3) is 0 Å². The lowest BCUT2D eigenvalue weighted by molar-refractivity contribution is 0.567. The molecule has 0 radical (unpaired) electrons. The molecule has 0 bridgehead atoms. The second kappa shape index (κ2) is 4.44. The number of aromatic nitrogens is 2. The number of aryl methyl sites for hydroxylation is 1. The highest BCUT2D eigenvalue weighted by Crippen LogP contribution is 2.18. The van der Waals surface area contributed by atoms with Crippen molar-refractivity contribution in [2.24, 2.45) is 12.8 Å². The van der Waals surface area contributed by atoms with Crippen molar-refractivity contribution in [1.82, 2.24) is 14.5 Å². The first kappa shape index (κ1) is 12.4. The van der Waals surface area contributed by atoms with Crippen LogP contribution in [0.5, 0.6) is 0 Å². The molecule has 1 aromatic heterocycles. The van der Waals surface area contributed by atoms with E-state index in [-0.39, 0.29) is 21.6 Å². The molecule has 0 aliphatic heterocycles. The van der Waals surface area contributed by atoms with Gasteiger partial charge in [-0.25, -0.2) is 13.1 Å². The number of hydrogen-bond acceptors (Lipinski definition) is 4. The summed E-state index contributed by atoms with van der Waals surface area (Å²) in [5, 5.41) is 3.65. The Hall–Kier alpha value is -0.700. The molecule has 3 N–H and O–H groups in total. The van der Waals surface area contributed by atoms with Crippen LogP contribution in [-0.2, 0) is 17.1 Å². The topological polar surface area (TPSA) is 90.0 Å². The van der Waals surface area contributed by atoms with Gasteiger partial charge in [-0.3, -0.25) is 4.68 Å². The molecule has 0 atom stereocenters. The molecule has 9 heteroatoms. The largest absolute Gasteiger partial charge is 0.392 e. The smallest absolute Gasteiger partial charge is 0.259 e. The molecule has 1 rings (SSSR count). The van der Waals surface area contributed by atoms with E-state index in [1.165, 1.54) is 13.2 Å². The summed E-state index contributed by atoms with van der Waals surface area (Å²) in [7, 11) is -2.25. The molecule has 6 nitrogen and oxygen atoms in total. The SMILES string of the molecule is Cn1ncc(Cl)c1S(=O)(=O)NCC(N)=S. The van der Waals surface area contributed by atoms with Gasteiger partial charge in [0.15, 0.2) is 5.03 Å². The first-order valence-electron chi connectivity index (χ1n) is 3.80. The van der Waals surface area contributed by atoms with Crippen LogP contribution in [0.1, 0.15) is 0 Å². The van der Waals surface area contributed by atoms with Gasteiger partial charge in [0.05, 0.1) is 22.8 Å². The number of nitrogens with zero attached hydrogens (tertiary/aromatic N) is 2. The van der Waals surface area contributed by atoms with Crippen LogP contribution in [0, 0.1) is 0 Å². The van der Waals surface area contributed by atoms with Gasteiger partial charge in [-0.05, 0) is 0 Å². The van der Waals surface area contributed by atoms with Gasteiger partial charge in [0.1, 0.15) is 0 Å². The standard InChI is InChI=1S/C6H9ClN4O2S2/c1-11-6(4(7)2-9-11)15(12,13)10-3-5(8)14/h2,10H,3H2,1H3,(H2,8,14). The Balaban J connectivity index is 3.01. The number of nitrogens with one attached hydrogen (secondary N) is 1. The summed E-state index contributed by atoms with van der Waals surface area (Å²) in [6.07, 6.45) is 1.25. The molecule has 0 amide bonds. The maximum Gasteiger partial charge on any atom is 0.259 e. The van der Waals surface area contributed by atoms with Crippen molar-refractivity contribution < 1.29 is 8.42 Å². The highest BCUT2D eigenvalue weighted by Gasteiger charge is 2.22. The summed E-state index contributed by atoms with van der Waals surface area (Å²) in [6.45, 7) is -0.112. The quantitative estimate of drug-likeness (QED) is 0.728. The fourth-order valence-corrected chi connectivity index (χ4v) is 2.76. The second-order valence-electron chi connectivity index (χ2n) is 2.71. The third-order valence-electron chi connectivity index (χ3n) is 1.53. The fourth-order valence-electron chi connectivity index (χ4n) is 0.936. The van der Waals surface area contributed by atoms with E-state index in [0.717, 1.165) is 4.68 Å². The molecule has 0 aliphatic rings. The summed E-state index contributed by atoms with van der Waals surface area (Å²) in [5.74, 6) is 0. The molecule has 0 aromatic carbocycles. The Morgan fingerprint density at radius 3 is 2.80 bits per heavy atom. The Kier molecular flexibility index (Phi) is 3.66. The van der Waals surface area contributed by atoms with E-state index in [0.29, 0.717) is 0 Å². The minimum absolute atomic E-state index is 0.0490. The normalized spacial score (nSPS) is 11.6. The first-order chi connectivity index (χ1) is 6.84. The predicted molar refractivity (Wildman–Crippen MR) is 60.2 cm³/mol. The minimum atomic E-state index is -3.72. The Morgan fingerprint density at radius 1 is 1.80 bits per heavy atom. The van der Waals surface area contributed by atoms with E-state index >= 15 is 0 Å². The molecule has 0 fully saturated rings. The molecule has 1 aromatic rings. The zero-order valence-electron chi connectivity index (χ0n) is 7.77. The maximum absolute atomic E-state index is 11.7. The van der Waals surface area contributed by atoms with Crippen molar-refractivity contribution in [1.29, 1.82) is 0 Å². The number of sulfonamides is 1. The van der Waals surface area contributed by atoms with E-state index in [1.807, 2.05) is 0 Å². The van der Waals surface area contributed by atoms with E-state index in [1.54, 1.807) is 0 Å². The summed E-state index contributed by atoms with van der Waals surface area (Å²) in [6, 6.07) is 0. The van der Waals surface area contributed by atoms with Gasteiger partial charge in [-0.15, -0.1) is 0 Å². The van der Waals surface area contributed by atoms with Crippen LogP contribution in [0.4, 0.5) is 0 Å². The molecule has 0 spiro atoms. The van der Waals surface area contributed by atoms with Crippen molar-refractivity contribution in [3.63, 3.8) is 0 Å². The van der Waals surface area contributed by atoms with Gasteiger partial charge in [0, 0.05) is 7.05 Å². The van der Waals surface area contributed by atoms with Gasteiger partial charge >= 0.3 is 0 Å². The lowest BCUT2D eigenvalue weighted by atomic mass is 10.7. The fraction of sp³-hybridized carbons (Fsp3) is 0.333. The molecule has 0 aliphatic carbocycles. The van der Waals surface area contributed by atoms with Crippen molar-refractivity contribution in [3.05, 3.63) is 11.2 Å². The van der Waals surface area contributed by atoms with Crippen molar-refractivity contribution in [2.75, 3.05) is 6.54 Å². The van der Waals surface area contributed by atoms with Gasteiger partial charge in [0.25, 0.3) is 10.0 Å². The Bertz CT molecular complexity index is 462. The number of nitrogens with two attached hydrogens (primary N) is 1. The number of halogens is 1. The lowest BCUT2D eigenvalue weighted by Crippen LogP contribution is -2.33. The van der Waals surface area contributed by atoms with E-state index in [4.69, 9.17) is 17.3 Å². The maximum atomic E-state index is 11.7. The van der Waals surface area contributed by atoms with E-state index in [2.05, 4.69) is 22.0 Å². The number of hydrogen-bond donors (Lipinski definition) is 2. The van der Waals surface area contributed by atoms with Crippen LogP contribution < -0.4 is 10.5 Å². The molecule has 15 heavy (non-hydrogen) atoms. The van der Waals surface area contributed by atoms with E-state index in [9.17, 15) is 8.42 Å². The highest BCUT2D eigenvalue weighted by molar-refractivity contribution is 7.89. The molecule has 0 saturated heterocycles. The van der Waals surface area contributed by atoms with Crippen LogP contribution in [-0.4, -0.2) is 29.7 Å². The molecule has 84 valence electrons. The summed E-state index contributed by atoms with van der Waals surface area (Å²) in [4.78, 5) is 0.0527. The molecule has 0 saturated carbocycles. The zero-order chi connectivity index (χ0) is 11.6. The minimum Gasteiger partial charge on any atom is -0.392 e. The second-order valence-corrected chi connectivity index (χ2v) is 5.33. The zero-order valence-corrected chi connectivity index (χ0v) is 10.2. The molecular weight excluding hydrogens is 260 g/mol. The lowest BCUT2D eigenvalue weighted by Gasteiger charge is -2.06. The molecule has 1 heterocycles. The summed E-state index contributed by atoms with van der Waals surface area (Å²) < 4.78 is 26.7. The van der Waals surface area contributed by atoms with E-state index < -0.39 is 10.0 Å². The van der Waals surface area contributed by atoms with Gasteiger partial charge in [-0.2, -0.15) is 5.10 Å². The summed E-state index contributed by atoms with van der Waals surface area (Å²) in [5.41, 5.74) is 5.18. The monoisotopic (exact) mass is 268 g/mol. The number of thiocarbonyl (C=S) groups is 1.